The number of rotatable bonds is 6. The van der Waals surface area contributed by atoms with Crippen LogP contribution < -0.4 is 15.4 Å². The average molecular weight is 403 g/mol. The minimum atomic E-state index is -3.70. The predicted octanol–water partition coefficient (Wildman–Crippen LogP) is 3.55. The van der Waals surface area contributed by atoms with Gasteiger partial charge in [-0.05, 0) is 48.8 Å². The number of nitrogens with one attached hydrogen (secondary N) is 3. The normalized spacial score (nSPS) is 11.0. The minimum absolute atomic E-state index is 0.165. The van der Waals surface area contributed by atoms with Crippen LogP contribution in [0.15, 0.2) is 59.5 Å². The summed E-state index contributed by atoms with van der Waals surface area (Å²) in [6.07, 6.45) is 0. The Balaban J connectivity index is 1.80. The van der Waals surface area contributed by atoms with Crippen molar-refractivity contribution in [3.63, 3.8) is 0 Å². The maximum Gasteiger partial charge on any atom is 0.261 e. The smallest absolute Gasteiger partial charge is 0.261 e. The van der Waals surface area contributed by atoms with Gasteiger partial charge in [-0.3, -0.25) is 9.52 Å². The molecule has 0 atom stereocenters. The fraction of sp³-hybridized carbons (Fsp3) is 0.111. The number of carbonyl (C=O) groups is 1. The van der Waals surface area contributed by atoms with Gasteiger partial charge in [0.05, 0.1) is 21.8 Å². The first-order valence-corrected chi connectivity index (χ1v) is 10.3. The number of aryl methyl sites for hydroxylation is 1. The largest absolute Gasteiger partial charge is 0.378 e. The summed E-state index contributed by atoms with van der Waals surface area (Å²) < 4.78 is 31.6. The first-order chi connectivity index (χ1) is 12.9. The van der Waals surface area contributed by atoms with Crippen LogP contribution in [0.4, 0.5) is 16.4 Å². The lowest BCUT2D eigenvalue weighted by molar-refractivity contribution is 0.102. The molecule has 140 valence electrons. The molecule has 0 radical (unpaired) electrons. The molecule has 27 heavy (non-hydrogen) atoms. The Labute approximate surface area is 161 Å². The molecule has 3 rings (SSSR count). The Morgan fingerprint density at radius 2 is 1.74 bits per heavy atom. The highest BCUT2D eigenvalue weighted by atomic mass is 32.2. The van der Waals surface area contributed by atoms with Crippen LogP contribution in [0.3, 0.4) is 0 Å². The van der Waals surface area contributed by atoms with Crippen LogP contribution in [0, 0.1) is 6.92 Å². The molecule has 1 heterocycles. The molecule has 7 nitrogen and oxygen atoms in total. The molecule has 1 amide bonds. The van der Waals surface area contributed by atoms with E-state index >= 15 is 0 Å². The van der Waals surface area contributed by atoms with E-state index in [1.807, 2.05) is 0 Å². The molecular weight excluding hydrogens is 384 g/mol. The molecule has 0 saturated carbocycles. The molecule has 0 bridgehead atoms. The van der Waals surface area contributed by atoms with Crippen LogP contribution in [0.25, 0.3) is 0 Å². The number of nitrogens with zero attached hydrogens (tertiary/aromatic N) is 1. The zero-order valence-corrected chi connectivity index (χ0v) is 16.3. The van der Waals surface area contributed by atoms with Gasteiger partial charge in [-0.15, -0.1) is 0 Å². The van der Waals surface area contributed by atoms with Crippen molar-refractivity contribution in [2.24, 2.45) is 0 Å². The fourth-order valence-electron chi connectivity index (χ4n) is 2.48. The highest BCUT2D eigenvalue weighted by Crippen LogP contribution is 2.26. The van der Waals surface area contributed by atoms with Crippen LogP contribution in [0.5, 0.6) is 0 Å². The number of anilines is 3. The van der Waals surface area contributed by atoms with E-state index in [1.54, 1.807) is 56.4 Å². The van der Waals surface area contributed by atoms with Gasteiger partial charge in [-0.1, -0.05) is 24.3 Å². The van der Waals surface area contributed by atoms with Crippen LogP contribution in [-0.2, 0) is 10.0 Å². The summed E-state index contributed by atoms with van der Waals surface area (Å²) >= 11 is 1.21. The molecule has 0 unspecified atom stereocenters. The Hall–Kier alpha value is -2.91. The minimum Gasteiger partial charge on any atom is -0.378 e. The topological polar surface area (TPSA) is 100 Å². The third-order valence-corrected chi connectivity index (χ3v) is 6.10. The number of hydrogen-bond acceptors (Lipinski definition) is 6. The first-order valence-electron chi connectivity index (χ1n) is 8.04. The van der Waals surface area contributed by atoms with Crippen molar-refractivity contribution < 1.29 is 13.2 Å². The first kappa shape index (κ1) is 18.9. The van der Waals surface area contributed by atoms with E-state index in [9.17, 15) is 13.2 Å². The Morgan fingerprint density at radius 1 is 1.04 bits per heavy atom. The predicted molar refractivity (Wildman–Crippen MR) is 108 cm³/mol. The van der Waals surface area contributed by atoms with Crippen molar-refractivity contribution in [2.45, 2.75) is 11.8 Å². The highest BCUT2D eigenvalue weighted by Gasteiger charge is 2.18. The summed E-state index contributed by atoms with van der Waals surface area (Å²) in [5.74, 6) is -0.311. The second kappa shape index (κ2) is 7.77. The SMILES string of the molecule is CNc1snc(C)c1C(=O)Nc1cccc(NS(=O)(=O)c2ccccc2)c1. The van der Waals surface area contributed by atoms with Crippen molar-refractivity contribution in [1.82, 2.24) is 4.37 Å². The van der Waals surface area contributed by atoms with E-state index in [0.29, 0.717) is 27.6 Å². The van der Waals surface area contributed by atoms with E-state index in [4.69, 9.17) is 0 Å². The lowest BCUT2D eigenvalue weighted by Gasteiger charge is -2.11. The summed E-state index contributed by atoms with van der Waals surface area (Å²) in [4.78, 5) is 12.7. The van der Waals surface area contributed by atoms with E-state index < -0.39 is 10.0 Å². The van der Waals surface area contributed by atoms with E-state index in [1.165, 1.54) is 23.7 Å². The third-order valence-electron chi connectivity index (χ3n) is 3.74. The number of aromatic nitrogens is 1. The number of hydrogen-bond donors (Lipinski definition) is 3. The monoisotopic (exact) mass is 402 g/mol. The summed E-state index contributed by atoms with van der Waals surface area (Å²) in [5, 5.41) is 6.40. The maximum absolute atomic E-state index is 12.6. The van der Waals surface area contributed by atoms with Gasteiger partial charge in [0, 0.05) is 12.7 Å². The summed E-state index contributed by atoms with van der Waals surface area (Å²) in [7, 11) is -1.98. The molecule has 1 aromatic heterocycles. The van der Waals surface area contributed by atoms with E-state index in [0.717, 1.165) is 0 Å². The molecule has 0 spiro atoms. The van der Waals surface area contributed by atoms with Crippen LogP contribution in [-0.4, -0.2) is 25.7 Å². The zero-order chi connectivity index (χ0) is 19.4. The Kier molecular flexibility index (Phi) is 5.43. The van der Waals surface area contributed by atoms with Crippen molar-refractivity contribution in [2.75, 3.05) is 22.4 Å². The molecule has 0 saturated heterocycles. The van der Waals surface area contributed by atoms with E-state index in [2.05, 4.69) is 19.7 Å². The zero-order valence-electron chi connectivity index (χ0n) is 14.7. The molecule has 2 aromatic carbocycles. The molecule has 0 aliphatic rings. The van der Waals surface area contributed by atoms with Gasteiger partial charge in [-0.2, -0.15) is 4.37 Å². The molecular formula is C18H18N4O3S2. The van der Waals surface area contributed by atoms with Crippen LogP contribution in [0.2, 0.25) is 0 Å². The maximum atomic E-state index is 12.6. The van der Waals surface area contributed by atoms with Gasteiger partial charge in [0.2, 0.25) is 0 Å². The average Bonchev–Trinajstić information content (AvgIpc) is 3.03. The molecule has 0 aliphatic heterocycles. The standard InChI is InChI=1S/C18H18N4O3S2/c1-12-16(18(19-2)26-21-12)17(23)20-13-7-6-8-14(11-13)22-27(24,25)15-9-4-3-5-10-15/h3-11,19,22H,1-2H3,(H,20,23). The van der Waals surface area contributed by atoms with Crippen molar-refractivity contribution >= 4 is 43.8 Å². The van der Waals surface area contributed by atoms with Gasteiger partial charge < -0.3 is 10.6 Å². The third kappa shape index (κ3) is 4.26. The molecule has 0 fully saturated rings. The summed E-state index contributed by atoms with van der Waals surface area (Å²) in [6, 6.07) is 14.6. The fourth-order valence-corrected chi connectivity index (χ4v) is 4.29. The van der Waals surface area contributed by atoms with Gasteiger partial charge in [0.1, 0.15) is 5.00 Å². The number of carbonyl (C=O) groups excluding carboxylic acids is 1. The van der Waals surface area contributed by atoms with Crippen molar-refractivity contribution in [1.29, 1.82) is 0 Å². The van der Waals surface area contributed by atoms with Crippen LogP contribution in [0.1, 0.15) is 16.1 Å². The second-order valence-electron chi connectivity index (χ2n) is 5.68. The van der Waals surface area contributed by atoms with Crippen LogP contribution >= 0.6 is 11.5 Å². The quantitative estimate of drug-likeness (QED) is 0.585. The molecule has 3 N–H and O–H groups in total. The number of benzene rings is 2. The Morgan fingerprint density at radius 3 is 2.44 bits per heavy atom. The second-order valence-corrected chi connectivity index (χ2v) is 8.13. The van der Waals surface area contributed by atoms with Gasteiger partial charge >= 0.3 is 0 Å². The highest BCUT2D eigenvalue weighted by molar-refractivity contribution is 7.92. The van der Waals surface area contributed by atoms with E-state index in [-0.39, 0.29) is 10.8 Å². The van der Waals surface area contributed by atoms with Gasteiger partial charge in [-0.25, -0.2) is 8.42 Å². The Bertz CT molecular complexity index is 1060. The lowest BCUT2D eigenvalue weighted by Crippen LogP contribution is -2.15. The number of sulfonamides is 1. The summed E-state index contributed by atoms with van der Waals surface area (Å²) in [6.45, 7) is 1.76. The van der Waals surface area contributed by atoms with Crippen molar-refractivity contribution in [3.8, 4) is 0 Å². The van der Waals surface area contributed by atoms with Gasteiger partial charge in [0.25, 0.3) is 15.9 Å². The number of amides is 1. The molecule has 0 aliphatic carbocycles. The molecule has 9 heteroatoms. The van der Waals surface area contributed by atoms with Gasteiger partial charge in [0.15, 0.2) is 0 Å². The van der Waals surface area contributed by atoms with Crippen molar-refractivity contribution in [3.05, 3.63) is 65.9 Å². The lowest BCUT2D eigenvalue weighted by atomic mass is 10.2. The molecule has 3 aromatic rings. The summed E-state index contributed by atoms with van der Waals surface area (Å²) in [5.41, 5.74) is 1.92.